The number of hydrogen-bond acceptors (Lipinski definition) is 1. The predicted molar refractivity (Wildman–Crippen MR) is 64.7 cm³/mol. The van der Waals surface area contributed by atoms with Gasteiger partial charge in [0.15, 0.2) is 0 Å². The normalized spacial score (nSPS) is 10.5. The highest BCUT2D eigenvalue weighted by Crippen LogP contribution is 2.34. The van der Waals surface area contributed by atoms with Crippen LogP contribution in [0.3, 0.4) is 0 Å². The average Bonchev–Trinajstić information content (AvgIpc) is 2.25. The van der Waals surface area contributed by atoms with E-state index in [9.17, 15) is 4.39 Å². The van der Waals surface area contributed by atoms with Gasteiger partial charge >= 0.3 is 0 Å². The molecule has 0 aliphatic carbocycles. The minimum atomic E-state index is -0.476. The van der Waals surface area contributed by atoms with Crippen LogP contribution in [0.25, 0.3) is 11.1 Å². The number of halogens is 4. The Bertz CT molecular complexity index is 493. The van der Waals surface area contributed by atoms with Gasteiger partial charge in [0.05, 0.1) is 6.20 Å². The van der Waals surface area contributed by atoms with Gasteiger partial charge in [-0.3, -0.25) is 0 Å². The fraction of sp³-hybridized carbons (Fsp3) is 0. The van der Waals surface area contributed by atoms with Crippen molar-refractivity contribution in [3.63, 3.8) is 0 Å². The molecule has 5 heteroatoms. The first-order valence-corrected chi connectivity index (χ1v) is 5.48. The smallest absolute Gasteiger partial charge is 0.142 e. The van der Waals surface area contributed by atoms with Crippen LogP contribution in [0, 0.1) is 5.82 Å². The third-order valence-corrected chi connectivity index (χ3v) is 2.89. The maximum absolute atomic E-state index is 13.1. The summed E-state index contributed by atoms with van der Waals surface area (Å²) in [5, 5.41) is 1.13. The second-order valence-electron chi connectivity index (χ2n) is 3.12. The molecule has 0 spiro atoms. The van der Waals surface area contributed by atoms with Crippen molar-refractivity contribution in [2.24, 2.45) is 0 Å². The number of pyridine rings is 1. The Labute approximate surface area is 107 Å². The van der Waals surface area contributed by atoms with Crippen LogP contribution < -0.4 is 0 Å². The lowest BCUT2D eigenvalue weighted by Crippen LogP contribution is -1.87. The van der Waals surface area contributed by atoms with E-state index < -0.39 is 5.82 Å². The molecule has 0 unspecified atom stereocenters. The molecule has 82 valence electrons. The molecule has 0 radical (unpaired) electrons. The van der Waals surface area contributed by atoms with Crippen molar-refractivity contribution >= 4 is 34.8 Å². The first-order chi connectivity index (χ1) is 7.58. The third-order valence-electron chi connectivity index (χ3n) is 2.02. The molecule has 0 aliphatic heterocycles. The third kappa shape index (κ3) is 2.29. The van der Waals surface area contributed by atoms with Crippen molar-refractivity contribution < 1.29 is 4.39 Å². The van der Waals surface area contributed by atoms with Crippen molar-refractivity contribution in [2.45, 2.75) is 0 Å². The lowest BCUT2D eigenvalue weighted by atomic mass is 10.1. The molecular formula is C11H5Cl3FN. The van der Waals surface area contributed by atoms with E-state index in [1.165, 1.54) is 6.07 Å². The summed E-state index contributed by atoms with van der Waals surface area (Å²) in [5.41, 5.74) is 0.986. The van der Waals surface area contributed by atoms with Crippen LogP contribution in [0.15, 0.2) is 30.5 Å². The van der Waals surface area contributed by atoms with E-state index in [0.29, 0.717) is 21.2 Å². The van der Waals surface area contributed by atoms with E-state index >= 15 is 0 Å². The molecule has 0 saturated heterocycles. The van der Waals surface area contributed by atoms with Crippen LogP contribution in [0.4, 0.5) is 4.39 Å². The zero-order valence-electron chi connectivity index (χ0n) is 7.85. The van der Waals surface area contributed by atoms with E-state index in [0.717, 1.165) is 6.20 Å². The van der Waals surface area contributed by atoms with Gasteiger partial charge in [-0.2, -0.15) is 0 Å². The first-order valence-electron chi connectivity index (χ1n) is 4.34. The molecule has 0 bridgehead atoms. The zero-order chi connectivity index (χ0) is 11.7. The Morgan fingerprint density at radius 1 is 1.00 bits per heavy atom. The second kappa shape index (κ2) is 4.58. The highest BCUT2D eigenvalue weighted by molar-refractivity contribution is 6.37. The van der Waals surface area contributed by atoms with E-state index in [-0.39, 0.29) is 5.15 Å². The summed E-state index contributed by atoms with van der Waals surface area (Å²) in [4.78, 5) is 3.71. The van der Waals surface area contributed by atoms with Crippen molar-refractivity contribution in [1.29, 1.82) is 0 Å². The van der Waals surface area contributed by atoms with Gasteiger partial charge in [0.25, 0.3) is 0 Å². The summed E-state index contributed by atoms with van der Waals surface area (Å²) >= 11 is 17.7. The SMILES string of the molecule is Fc1cnc(Cl)c(-c2cc(Cl)ccc2Cl)c1. The monoisotopic (exact) mass is 275 g/mol. The number of hydrogen-bond donors (Lipinski definition) is 0. The molecule has 0 aliphatic rings. The highest BCUT2D eigenvalue weighted by Gasteiger charge is 2.10. The summed E-state index contributed by atoms with van der Waals surface area (Å²) in [5.74, 6) is -0.476. The molecule has 0 atom stereocenters. The Kier molecular flexibility index (Phi) is 3.33. The van der Waals surface area contributed by atoms with Gasteiger partial charge in [-0.1, -0.05) is 34.8 Å². The summed E-state index contributed by atoms with van der Waals surface area (Å²) in [7, 11) is 0. The fourth-order valence-electron chi connectivity index (χ4n) is 1.32. The van der Waals surface area contributed by atoms with Crippen LogP contribution in [-0.2, 0) is 0 Å². The van der Waals surface area contributed by atoms with Crippen LogP contribution in [0.2, 0.25) is 15.2 Å². The predicted octanol–water partition coefficient (Wildman–Crippen LogP) is 4.85. The molecule has 0 saturated carbocycles. The van der Waals surface area contributed by atoms with Crippen molar-refractivity contribution in [3.8, 4) is 11.1 Å². The standard InChI is InChI=1S/C11H5Cl3FN/c12-6-1-2-10(13)8(3-6)9-4-7(15)5-16-11(9)14/h1-5H. The summed E-state index contributed by atoms with van der Waals surface area (Å²) in [6.45, 7) is 0. The van der Waals surface area contributed by atoms with E-state index in [4.69, 9.17) is 34.8 Å². The Balaban J connectivity index is 2.66. The molecule has 16 heavy (non-hydrogen) atoms. The molecule has 2 rings (SSSR count). The molecule has 1 heterocycles. The van der Waals surface area contributed by atoms with Crippen LogP contribution >= 0.6 is 34.8 Å². The van der Waals surface area contributed by atoms with Gasteiger partial charge in [-0.05, 0) is 24.3 Å². The van der Waals surface area contributed by atoms with Crippen LogP contribution in [0.5, 0.6) is 0 Å². The van der Waals surface area contributed by atoms with Crippen molar-refractivity contribution in [1.82, 2.24) is 4.98 Å². The second-order valence-corrected chi connectivity index (χ2v) is 4.32. The zero-order valence-corrected chi connectivity index (χ0v) is 10.1. The average molecular weight is 277 g/mol. The quantitative estimate of drug-likeness (QED) is 0.679. The highest BCUT2D eigenvalue weighted by atomic mass is 35.5. The Morgan fingerprint density at radius 3 is 2.50 bits per heavy atom. The fourth-order valence-corrected chi connectivity index (χ4v) is 1.91. The van der Waals surface area contributed by atoms with Crippen LogP contribution in [-0.4, -0.2) is 4.98 Å². The number of rotatable bonds is 1. The molecule has 1 aromatic carbocycles. The lowest BCUT2D eigenvalue weighted by molar-refractivity contribution is 0.622. The molecule has 1 aromatic heterocycles. The number of aromatic nitrogens is 1. The number of nitrogens with zero attached hydrogens (tertiary/aromatic N) is 1. The van der Waals surface area contributed by atoms with E-state index in [1.807, 2.05) is 0 Å². The maximum atomic E-state index is 13.1. The first kappa shape index (κ1) is 11.6. The summed E-state index contributed by atoms with van der Waals surface area (Å²) in [6.07, 6.45) is 1.05. The maximum Gasteiger partial charge on any atom is 0.142 e. The van der Waals surface area contributed by atoms with Crippen molar-refractivity contribution in [2.75, 3.05) is 0 Å². The molecule has 2 aromatic rings. The van der Waals surface area contributed by atoms with Gasteiger partial charge in [0, 0.05) is 21.2 Å². The Hall–Kier alpha value is -0.830. The van der Waals surface area contributed by atoms with Gasteiger partial charge in [0.1, 0.15) is 11.0 Å². The van der Waals surface area contributed by atoms with Gasteiger partial charge < -0.3 is 0 Å². The molecule has 0 fully saturated rings. The summed E-state index contributed by atoms with van der Waals surface area (Å²) in [6, 6.07) is 6.16. The van der Waals surface area contributed by atoms with Crippen LogP contribution in [0.1, 0.15) is 0 Å². The molecule has 0 N–H and O–H groups in total. The van der Waals surface area contributed by atoms with E-state index in [1.54, 1.807) is 18.2 Å². The largest absolute Gasteiger partial charge is 0.241 e. The molecular weight excluding hydrogens is 271 g/mol. The Morgan fingerprint density at radius 2 is 1.75 bits per heavy atom. The topological polar surface area (TPSA) is 12.9 Å². The van der Waals surface area contributed by atoms with Gasteiger partial charge in [0.2, 0.25) is 0 Å². The number of benzene rings is 1. The van der Waals surface area contributed by atoms with E-state index in [2.05, 4.69) is 4.98 Å². The lowest BCUT2D eigenvalue weighted by Gasteiger charge is -2.06. The molecule has 1 nitrogen and oxygen atoms in total. The van der Waals surface area contributed by atoms with Gasteiger partial charge in [-0.25, -0.2) is 9.37 Å². The van der Waals surface area contributed by atoms with Gasteiger partial charge in [-0.15, -0.1) is 0 Å². The molecule has 0 amide bonds. The minimum Gasteiger partial charge on any atom is -0.241 e. The van der Waals surface area contributed by atoms with Crippen molar-refractivity contribution in [3.05, 3.63) is 51.5 Å². The summed E-state index contributed by atoms with van der Waals surface area (Å²) < 4.78 is 13.1. The minimum absolute atomic E-state index is 0.186.